The zero-order chi connectivity index (χ0) is 15.5. The summed E-state index contributed by atoms with van der Waals surface area (Å²) in [6, 6.07) is 4.06. The minimum atomic E-state index is -4.62. The van der Waals surface area contributed by atoms with E-state index in [-0.39, 0.29) is 18.1 Å². The third-order valence-corrected chi connectivity index (χ3v) is 2.54. The predicted octanol–water partition coefficient (Wildman–Crippen LogP) is 2.13. The molecule has 110 valence electrons. The quantitative estimate of drug-likeness (QED) is 0.942. The fourth-order valence-corrected chi connectivity index (χ4v) is 1.60. The molecule has 0 aliphatic rings. The molecule has 0 fully saturated rings. The summed E-state index contributed by atoms with van der Waals surface area (Å²) in [6.07, 6.45) is -1.49. The molecule has 21 heavy (non-hydrogen) atoms. The van der Waals surface area contributed by atoms with Crippen molar-refractivity contribution in [1.29, 1.82) is 0 Å². The SMILES string of the molecule is Cc1nc(C(=O)NCc2cccnc2)cc(C(F)(F)F)n1. The van der Waals surface area contributed by atoms with Gasteiger partial charge < -0.3 is 5.32 Å². The molecule has 0 unspecified atom stereocenters. The van der Waals surface area contributed by atoms with Crippen molar-refractivity contribution in [2.45, 2.75) is 19.6 Å². The van der Waals surface area contributed by atoms with Crippen molar-refractivity contribution < 1.29 is 18.0 Å². The molecule has 2 rings (SSSR count). The lowest BCUT2D eigenvalue weighted by atomic mass is 10.2. The molecule has 0 aliphatic carbocycles. The van der Waals surface area contributed by atoms with E-state index in [4.69, 9.17) is 0 Å². The van der Waals surface area contributed by atoms with E-state index in [9.17, 15) is 18.0 Å². The molecule has 0 bridgehead atoms. The van der Waals surface area contributed by atoms with E-state index in [1.54, 1.807) is 24.5 Å². The number of carbonyl (C=O) groups excluding carboxylic acids is 1. The van der Waals surface area contributed by atoms with E-state index in [0.29, 0.717) is 6.07 Å². The minimum Gasteiger partial charge on any atom is -0.347 e. The monoisotopic (exact) mass is 296 g/mol. The van der Waals surface area contributed by atoms with Crippen LogP contribution >= 0.6 is 0 Å². The first-order chi connectivity index (χ1) is 9.86. The summed E-state index contributed by atoms with van der Waals surface area (Å²) in [7, 11) is 0. The average molecular weight is 296 g/mol. The molecule has 0 spiro atoms. The Labute approximate surface area is 118 Å². The summed E-state index contributed by atoms with van der Waals surface area (Å²) in [5.74, 6) is -0.814. The molecule has 8 heteroatoms. The molecule has 0 aliphatic heterocycles. The summed E-state index contributed by atoms with van der Waals surface area (Å²) in [5.41, 5.74) is -0.729. The van der Waals surface area contributed by atoms with Crippen molar-refractivity contribution in [3.63, 3.8) is 0 Å². The fraction of sp³-hybridized carbons (Fsp3) is 0.231. The average Bonchev–Trinajstić information content (AvgIpc) is 2.44. The highest BCUT2D eigenvalue weighted by atomic mass is 19.4. The first-order valence-electron chi connectivity index (χ1n) is 5.96. The first kappa shape index (κ1) is 14.9. The molecule has 0 aromatic carbocycles. The Morgan fingerprint density at radius 1 is 1.33 bits per heavy atom. The number of alkyl halides is 3. The third kappa shape index (κ3) is 3.98. The second-order valence-corrected chi connectivity index (χ2v) is 4.23. The van der Waals surface area contributed by atoms with Crippen LogP contribution in [0.1, 0.15) is 27.6 Å². The molecule has 2 aromatic heterocycles. The Bertz CT molecular complexity index is 644. The van der Waals surface area contributed by atoms with Crippen LogP contribution in [0.15, 0.2) is 30.6 Å². The Hall–Kier alpha value is -2.51. The number of nitrogens with one attached hydrogen (secondary N) is 1. The summed E-state index contributed by atoms with van der Waals surface area (Å²) in [4.78, 5) is 22.7. The van der Waals surface area contributed by atoms with Gasteiger partial charge in [-0.25, -0.2) is 9.97 Å². The highest BCUT2D eigenvalue weighted by Crippen LogP contribution is 2.27. The number of carbonyl (C=O) groups is 1. The Morgan fingerprint density at radius 3 is 2.71 bits per heavy atom. The topological polar surface area (TPSA) is 67.8 Å². The molecule has 5 nitrogen and oxygen atoms in total. The lowest BCUT2D eigenvalue weighted by molar-refractivity contribution is -0.141. The van der Waals surface area contributed by atoms with Crippen LogP contribution in [0, 0.1) is 6.92 Å². The second-order valence-electron chi connectivity index (χ2n) is 4.23. The molecule has 1 amide bonds. The number of aryl methyl sites for hydroxylation is 1. The zero-order valence-corrected chi connectivity index (χ0v) is 11.0. The fourth-order valence-electron chi connectivity index (χ4n) is 1.60. The van der Waals surface area contributed by atoms with Crippen LogP contribution in [0.25, 0.3) is 0 Å². The van der Waals surface area contributed by atoms with Crippen LogP contribution in [0.2, 0.25) is 0 Å². The smallest absolute Gasteiger partial charge is 0.347 e. The Balaban J connectivity index is 2.14. The number of amides is 1. The van der Waals surface area contributed by atoms with Crippen LogP contribution < -0.4 is 5.32 Å². The number of hydrogen-bond acceptors (Lipinski definition) is 4. The van der Waals surface area contributed by atoms with Gasteiger partial charge in [-0.3, -0.25) is 9.78 Å². The van der Waals surface area contributed by atoms with Crippen LogP contribution in [-0.2, 0) is 12.7 Å². The normalized spacial score (nSPS) is 11.2. The number of pyridine rings is 1. The molecule has 2 aromatic rings. The second kappa shape index (κ2) is 5.86. The molecule has 0 saturated heterocycles. The van der Waals surface area contributed by atoms with Gasteiger partial charge in [-0.1, -0.05) is 6.07 Å². The van der Waals surface area contributed by atoms with Crippen molar-refractivity contribution >= 4 is 5.91 Å². The van der Waals surface area contributed by atoms with Crippen molar-refractivity contribution in [3.05, 3.63) is 53.4 Å². The van der Waals surface area contributed by atoms with Gasteiger partial charge in [0.1, 0.15) is 17.2 Å². The summed E-state index contributed by atoms with van der Waals surface area (Å²) in [5, 5.41) is 2.48. The maximum absolute atomic E-state index is 12.6. The number of hydrogen-bond donors (Lipinski definition) is 1. The summed E-state index contributed by atoms with van der Waals surface area (Å²) in [6.45, 7) is 1.45. The number of halogens is 3. The molecule has 0 saturated carbocycles. The lowest BCUT2D eigenvalue weighted by Gasteiger charge is -2.09. The van der Waals surface area contributed by atoms with Gasteiger partial charge in [0.15, 0.2) is 0 Å². The third-order valence-electron chi connectivity index (χ3n) is 2.54. The van der Waals surface area contributed by atoms with Gasteiger partial charge in [0.2, 0.25) is 0 Å². The van der Waals surface area contributed by atoms with Crippen molar-refractivity contribution in [2.24, 2.45) is 0 Å². The van der Waals surface area contributed by atoms with Gasteiger partial charge in [-0.05, 0) is 18.6 Å². The van der Waals surface area contributed by atoms with E-state index in [2.05, 4.69) is 20.3 Å². The molecule has 0 radical (unpaired) electrons. The van der Waals surface area contributed by atoms with E-state index in [0.717, 1.165) is 5.56 Å². The summed E-state index contributed by atoms with van der Waals surface area (Å²) >= 11 is 0. The number of rotatable bonds is 3. The number of nitrogens with zero attached hydrogens (tertiary/aromatic N) is 3. The molecular formula is C13H11F3N4O. The van der Waals surface area contributed by atoms with Gasteiger partial charge >= 0.3 is 6.18 Å². The van der Waals surface area contributed by atoms with Crippen LogP contribution in [0.5, 0.6) is 0 Å². The molecule has 2 heterocycles. The van der Waals surface area contributed by atoms with E-state index in [1.165, 1.54) is 6.92 Å². The predicted molar refractivity (Wildman–Crippen MR) is 67.2 cm³/mol. The molecular weight excluding hydrogens is 285 g/mol. The van der Waals surface area contributed by atoms with Gasteiger partial charge in [0, 0.05) is 25.0 Å². The molecule has 0 atom stereocenters. The van der Waals surface area contributed by atoms with Crippen LogP contribution in [0.4, 0.5) is 13.2 Å². The highest BCUT2D eigenvalue weighted by Gasteiger charge is 2.33. The van der Waals surface area contributed by atoms with Crippen molar-refractivity contribution in [3.8, 4) is 0 Å². The molecule has 1 N–H and O–H groups in total. The lowest BCUT2D eigenvalue weighted by Crippen LogP contribution is -2.25. The first-order valence-corrected chi connectivity index (χ1v) is 5.96. The van der Waals surface area contributed by atoms with Gasteiger partial charge in [-0.2, -0.15) is 13.2 Å². The van der Waals surface area contributed by atoms with E-state index >= 15 is 0 Å². The van der Waals surface area contributed by atoms with E-state index < -0.39 is 17.8 Å². The minimum absolute atomic E-state index is 0.114. The maximum Gasteiger partial charge on any atom is 0.433 e. The summed E-state index contributed by atoms with van der Waals surface area (Å²) < 4.78 is 37.9. The zero-order valence-electron chi connectivity index (χ0n) is 11.0. The van der Waals surface area contributed by atoms with Gasteiger partial charge in [-0.15, -0.1) is 0 Å². The highest BCUT2D eigenvalue weighted by molar-refractivity contribution is 5.92. The maximum atomic E-state index is 12.6. The van der Waals surface area contributed by atoms with Gasteiger partial charge in [0.25, 0.3) is 5.91 Å². The van der Waals surface area contributed by atoms with Gasteiger partial charge in [0.05, 0.1) is 0 Å². The van der Waals surface area contributed by atoms with Crippen molar-refractivity contribution in [1.82, 2.24) is 20.3 Å². The van der Waals surface area contributed by atoms with Crippen molar-refractivity contribution in [2.75, 3.05) is 0 Å². The Kier molecular flexibility index (Phi) is 4.15. The van der Waals surface area contributed by atoms with Crippen LogP contribution in [-0.4, -0.2) is 20.9 Å². The number of aromatic nitrogens is 3. The largest absolute Gasteiger partial charge is 0.433 e. The Morgan fingerprint density at radius 2 is 2.10 bits per heavy atom. The van der Waals surface area contributed by atoms with E-state index in [1.807, 2.05) is 0 Å². The standard InChI is InChI=1S/C13H11F3N4O/c1-8-19-10(5-11(20-8)13(14,15)16)12(21)18-7-9-3-2-4-17-6-9/h2-6H,7H2,1H3,(H,18,21). The van der Waals surface area contributed by atoms with Crippen LogP contribution in [0.3, 0.4) is 0 Å².